The molecule has 3 rings (SSSR count). The van der Waals surface area contributed by atoms with Crippen LogP contribution in [-0.2, 0) is 6.54 Å². The van der Waals surface area contributed by atoms with Crippen molar-refractivity contribution >= 4 is 16.9 Å². The molecule has 25 heavy (non-hydrogen) atoms. The van der Waals surface area contributed by atoms with E-state index >= 15 is 0 Å². The first-order chi connectivity index (χ1) is 12.1. The third kappa shape index (κ3) is 3.50. The molecule has 126 valence electrons. The molecular formula is C20H19N3O2. The summed E-state index contributed by atoms with van der Waals surface area (Å²) in [6.45, 7) is 6.25. The van der Waals surface area contributed by atoms with Gasteiger partial charge in [-0.25, -0.2) is 4.98 Å². The largest absolute Gasteiger partial charge is 0.348 e. The standard InChI is InChI=1S/C20H19N3O2/c1-3-10-22-19(24)17-12-16-5-4-11-21-18(16)23(20(17)25)13-15-8-6-14(2)7-9-15/h3-9,11-12H,1,10,13H2,2H3,(H,22,24). The van der Waals surface area contributed by atoms with Crippen LogP contribution in [0.1, 0.15) is 21.5 Å². The van der Waals surface area contributed by atoms with Crippen molar-refractivity contribution in [2.24, 2.45) is 0 Å². The lowest BCUT2D eigenvalue weighted by molar-refractivity contribution is 0.0956. The van der Waals surface area contributed by atoms with Crippen LogP contribution >= 0.6 is 0 Å². The Kier molecular flexibility index (Phi) is 4.75. The Morgan fingerprint density at radius 2 is 2.04 bits per heavy atom. The molecule has 0 fully saturated rings. The molecule has 0 aliphatic heterocycles. The van der Waals surface area contributed by atoms with Gasteiger partial charge in [0.15, 0.2) is 0 Å². The molecule has 3 aromatic rings. The highest BCUT2D eigenvalue weighted by molar-refractivity contribution is 5.96. The first-order valence-corrected chi connectivity index (χ1v) is 8.03. The summed E-state index contributed by atoms with van der Waals surface area (Å²) in [4.78, 5) is 29.6. The Hall–Kier alpha value is -3.21. The molecular weight excluding hydrogens is 314 g/mol. The number of amides is 1. The van der Waals surface area contributed by atoms with Gasteiger partial charge in [-0.3, -0.25) is 14.2 Å². The number of aromatic nitrogens is 2. The van der Waals surface area contributed by atoms with Crippen molar-refractivity contribution in [3.63, 3.8) is 0 Å². The van der Waals surface area contributed by atoms with Gasteiger partial charge in [-0.1, -0.05) is 35.9 Å². The van der Waals surface area contributed by atoms with E-state index in [0.717, 1.165) is 16.5 Å². The molecule has 0 atom stereocenters. The minimum Gasteiger partial charge on any atom is -0.348 e. The van der Waals surface area contributed by atoms with E-state index in [4.69, 9.17) is 0 Å². The monoisotopic (exact) mass is 333 g/mol. The van der Waals surface area contributed by atoms with E-state index < -0.39 is 5.91 Å². The lowest BCUT2D eigenvalue weighted by Gasteiger charge is -2.12. The van der Waals surface area contributed by atoms with Crippen LogP contribution in [0.4, 0.5) is 0 Å². The maximum Gasteiger partial charge on any atom is 0.265 e. The Labute approximate surface area is 145 Å². The predicted molar refractivity (Wildman–Crippen MR) is 98.8 cm³/mol. The van der Waals surface area contributed by atoms with Crippen LogP contribution in [0.2, 0.25) is 0 Å². The van der Waals surface area contributed by atoms with Crippen molar-refractivity contribution in [3.05, 3.63) is 88.4 Å². The highest BCUT2D eigenvalue weighted by atomic mass is 16.2. The molecule has 5 nitrogen and oxygen atoms in total. The second-order valence-electron chi connectivity index (χ2n) is 5.85. The molecule has 0 radical (unpaired) electrons. The summed E-state index contributed by atoms with van der Waals surface area (Å²) in [6.07, 6.45) is 3.22. The number of nitrogens with zero attached hydrogens (tertiary/aromatic N) is 2. The zero-order valence-corrected chi connectivity index (χ0v) is 14.0. The van der Waals surface area contributed by atoms with Crippen LogP contribution in [0.5, 0.6) is 0 Å². The number of aryl methyl sites for hydroxylation is 1. The van der Waals surface area contributed by atoms with Gasteiger partial charge < -0.3 is 5.32 Å². The van der Waals surface area contributed by atoms with Gasteiger partial charge in [0.2, 0.25) is 0 Å². The molecule has 1 amide bonds. The number of carbonyl (C=O) groups excluding carboxylic acids is 1. The van der Waals surface area contributed by atoms with Crippen molar-refractivity contribution < 1.29 is 4.79 Å². The Morgan fingerprint density at radius 3 is 2.76 bits per heavy atom. The van der Waals surface area contributed by atoms with Gasteiger partial charge in [-0.05, 0) is 30.7 Å². The van der Waals surface area contributed by atoms with E-state index in [-0.39, 0.29) is 11.1 Å². The van der Waals surface area contributed by atoms with E-state index in [1.54, 1.807) is 29.0 Å². The van der Waals surface area contributed by atoms with Gasteiger partial charge in [0.1, 0.15) is 11.2 Å². The molecule has 1 aromatic carbocycles. The SMILES string of the molecule is C=CCNC(=O)c1cc2cccnc2n(Cc2ccc(C)cc2)c1=O. The highest BCUT2D eigenvalue weighted by Gasteiger charge is 2.16. The van der Waals surface area contributed by atoms with Gasteiger partial charge in [-0.2, -0.15) is 0 Å². The van der Waals surface area contributed by atoms with Crippen LogP contribution in [0.25, 0.3) is 11.0 Å². The second kappa shape index (κ2) is 7.13. The Balaban J connectivity index is 2.13. The number of pyridine rings is 2. The van der Waals surface area contributed by atoms with E-state index in [1.165, 1.54) is 0 Å². The van der Waals surface area contributed by atoms with Crippen molar-refractivity contribution in [1.82, 2.24) is 14.9 Å². The van der Waals surface area contributed by atoms with Gasteiger partial charge >= 0.3 is 0 Å². The average molecular weight is 333 g/mol. The maximum atomic E-state index is 12.9. The van der Waals surface area contributed by atoms with Crippen molar-refractivity contribution in [1.29, 1.82) is 0 Å². The quantitative estimate of drug-likeness (QED) is 0.730. The number of carbonyl (C=O) groups is 1. The first kappa shape index (κ1) is 16.6. The minimum atomic E-state index is -0.409. The highest BCUT2D eigenvalue weighted by Crippen LogP contribution is 2.13. The molecule has 0 bridgehead atoms. The zero-order valence-electron chi connectivity index (χ0n) is 14.0. The fourth-order valence-corrected chi connectivity index (χ4v) is 2.65. The van der Waals surface area contributed by atoms with Crippen molar-refractivity contribution in [2.45, 2.75) is 13.5 Å². The first-order valence-electron chi connectivity index (χ1n) is 8.03. The smallest absolute Gasteiger partial charge is 0.265 e. The van der Waals surface area contributed by atoms with Crippen LogP contribution < -0.4 is 10.9 Å². The molecule has 0 aliphatic carbocycles. The minimum absolute atomic E-state index is 0.106. The van der Waals surface area contributed by atoms with Crippen LogP contribution in [0, 0.1) is 6.92 Å². The summed E-state index contributed by atoms with van der Waals surface area (Å²) < 4.78 is 1.54. The second-order valence-corrected chi connectivity index (χ2v) is 5.85. The molecule has 0 saturated carbocycles. The molecule has 0 aliphatic rings. The van der Waals surface area contributed by atoms with Crippen molar-refractivity contribution in [2.75, 3.05) is 6.54 Å². The number of hydrogen-bond donors (Lipinski definition) is 1. The van der Waals surface area contributed by atoms with E-state index in [9.17, 15) is 9.59 Å². The number of hydrogen-bond acceptors (Lipinski definition) is 3. The summed E-state index contributed by atoms with van der Waals surface area (Å²) in [5.74, 6) is -0.409. The Bertz CT molecular complexity index is 988. The fourth-order valence-electron chi connectivity index (χ4n) is 2.65. The third-order valence-corrected chi connectivity index (χ3v) is 3.96. The summed E-state index contributed by atoms with van der Waals surface area (Å²) in [6, 6.07) is 13.2. The summed E-state index contributed by atoms with van der Waals surface area (Å²) >= 11 is 0. The van der Waals surface area contributed by atoms with Gasteiger partial charge in [-0.15, -0.1) is 6.58 Å². The zero-order chi connectivity index (χ0) is 17.8. The van der Waals surface area contributed by atoms with Gasteiger partial charge in [0.05, 0.1) is 6.54 Å². The molecule has 2 heterocycles. The lowest BCUT2D eigenvalue weighted by Crippen LogP contribution is -2.33. The predicted octanol–water partition coefficient (Wildman–Crippen LogP) is 2.67. The molecule has 0 saturated heterocycles. The summed E-state index contributed by atoms with van der Waals surface area (Å²) in [5.41, 5.74) is 2.44. The Morgan fingerprint density at radius 1 is 1.28 bits per heavy atom. The molecule has 5 heteroatoms. The van der Waals surface area contributed by atoms with Gasteiger partial charge in [0.25, 0.3) is 11.5 Å². The summed E-state index contributed by atoms with van der Waals surface area (Å²) in [7, 11) is 0. The number of fused-ring (bicyclic) bond motifs is 1. The number of benzene rings is 1. The lowest BCUT2D eigenvalue weighted by atomic mass is 10.1. The summed E-state index contributed by atoms with van der Waals surface area (Å²) in [5, 5.41) is 3.41. The average Bonchev–Trinajstić information content (AvgIpc) is 2.63. The topological polar surface area (TPSA) is 64.0 Å². The molecule has 2 aromatic heterocycles. The number of rotatable bonds is 5. The fraction of sp³-hybridized carbons (Fsp3) is 0.150. The van der Waals surface area contributed by atoms with Crippen molar-refractivity contribution in [3.8, 4) is 0 Å². The normalized spacial score (nSPS) is 10.6. The molecule has 0 unspecified atom stereocenters. The van der Waals surface area contributed by atoms with Crippen LogP contribution in [0.15, 0.2) is 66.1 Å². The maximum absolute atomic E-state index is 12.9. The van der Waals surface area contributed by atoms with E-state index in [1.807, 2.05) is 37.3 Å². The molecule has 0 spiro atoms. The third-order valence-electron chi connectivity index (χ3n) is 3.96. The van der Waals surface area contributed by atoms with Crippen LogP contribution in [-0.4, -0.2) is 22.0 Å². The van der Waals surface area contributed by atoms with Crippen LogP contribution in [0.3, 0.4) is 0 Å². The van der Waals surface area contributed by atoms with Gasteiger partial charge in [0, 0.05) is 18.1 Å². The van der Waals surface area contributed by atoms with E-state index in [0.29, 0.717) is 18.7 Å². The van der Waals surface area contributed by atoms with E-state index in [2.05, 4.69) is 16.9 Å². The molecule has 1 N–H and O–H groups in total. The number of nitrogens with one attached hydrogen (secondary N) is 1.